The number of aromatic nitrogens is 1. The average Bonchev–Trinajstić information content (AvgIpc) is 2.87. The number of carbonyl (C=O) groups is 1. The molecule has 0 aliphatic heterocycles. The number of hydrogen-bond acceptors (Lipinski definition) is 4. The molecular weight excluding hydrogens is 323 g/mol. The number of rotatable bonds is 5. The highest BCUT2D eigenvalue weighted by atomic mass is 35.5. The van der Waals surface area contributed by atoms with Gasteiger partial charge in [-0.2, -0.15) is 0 Å². The van der Waals surface area contributed by atoms with E-state index < -0.39 is 5.82 Å². The molecule has 1 aromatic heterocycles. The van der Waals surface area contributed by atoms with Crippen LogP contribution in [0.15, 0.2) is 22.7 Å². The molecule has 0 bridgehead atoms. The fraction of sp³-hybridized carbons (Fsp3) is 0.375. The lowest BCUT2D eigenvalue weighted by molar-refractivity contribution is 0.0632. The quantitative estimate of drug-likeness (QED) is 0.835. The van der Waals surface area contributed by atoms with Gasteiger partial charge in [0.2, 0.25) is 0 Å². The standard InChI is InChI=1S/C16H18ClFN2O3/c1-9(8-22-4)20(3)16(21)13-10(2)23-19-15(13)14-11(17)6-5-7-12(14)18/h5-7,9H,8H2,1-4H3/t9-/m1/s1. The SMILES string of the molecule is COC[C@@H](C)N(C)C(=O)c1c(-c2c(F)cccc2Cl)noc1C. The first kappa shape index (κ1) is 17.4. The van der Waals surface area contributed by atoms with Crippen LogP contribution in [0.2, 0.25) is 5.02 Å². The number of nitrogens with zero attached hydrogens (tertiary/aromatic N) is 2. The second-order valence-electron chi connectivity index (χ2n) is 5.28. The van der Waals surface area contributed by atoms with E-state index in [1.807, 2.05) is 6.92 Å². The highest BCUT2D eigenvalue weighted by Crippen LogP contribution is 2.34. The van der Waals surface area contributed by atoms with Crippen molar-refractivity contribution in [1.82, 2.24) is 10.1 Å². The third-order valence-electron chi connectivity index (χ3n) is 3.67. The first-order chi connectivity index (χ1) is 10.9. The van der Waals surface area contributed by atoms with Gasteiger partial charge in [-0.15, -0.1) is 0 Å². The largest absolute Gasteiger partial charge is 0.383 e. The Kier molecular flexibility index (Phi) is 5.38. The van der Waals surface area contributed by atoms with Crippen LogP contribution < -0.4 is 0 Å². The van der Waals surface area contributed by atoms with Crippen molar-refractivity contribution in [3.05, 3.63) is 40.4 Å². The zero-order valence-corrected chi connectivity index (χ0v) is 14.1. The van der Waals surface area contributed by atoms with Crippen molar-refractivity contribution < 1.29 is 18.4 Å². The molecule has 1 atom stereocenters. The molecule has 2 aromatic rings. The summed E-state index contributed by atoms with van der Waals surface area (Å²) >= 11 is 6.08. The van der Waals surface area contributed by atoms with E-state index in [0.717, 1.165) is 0 Å². The summed E-state index contributed by atoms with van der Waals surface area (Å²) in [6.07, 6.45) is 0. The Hall–Kier alpha value is -1.92. The van der Waals surface area contributed by atoms with Gasteiger partial charge in [-0.1, -0.05) is 22.8 Å². The molecule has 0 saturated heterocycles. The highest BCUT2D eigenvalue weighted by molar-refractivity contribution is 6.33. The molecule has 0 aliphatic carbocycles. The predicted molar refractivity (Wildman–Crippen MR) is 85.1 cm³/mol. The number of likely N-dealkylation sites (N-methyl/N-ethyl adjacent to an activating group) is 1. The normalized spacial score (nSPS) is 12.3. The summed E-state index contributed by atoms with van der Waals surface area (Å²) in [6, 6.07) is 4.12. The van der Waals surface area contributed by atoms with E-state index in [0.29, 0.717) is 12.4 Å². The van der Waals surface area contributed by atoms with E-state index in [1.165, 1.54) is 23.1 Å². The highest BCUT2D eigenvalue weighted by Gasteiger charge is 2.28. The van der Waals surface area contributed by atoms with Crippen LogP contribution in [-0.4, -0.2) is 42.8 Å². The van der Waals surface area contributed by atoms with Crippen LogP contribution in [-0.2, 0) is 4.74 Å². The van der Waals surface area contributed by atoms with Gasteiger partial charge in [-0.25, -0.2) is 4.39 Å². The van der Waals surface area contributed by atoms with Crippen LogP contribution in [0.5, 0.6) is 0 Å². The molecule has 0 N–H and O–H groups in total. The van der Waals surface area contributed by atoms with Crippen molar-refractivity contribution in [2.45, 2.75) is 19.9 Å². The Morgan fingerprint density at radius 2 is 2.22 bits per heavy atom. The van der Waals surface area contributed by atoms with E-state index in [4.69, 9.17) is 20.9 Å². The summed E-state index contributed by atoms with van der Waals surface area (Å²) in [5.41, 5.74) is 0.358. The van der Waals surface area contributed by atoms with Gasteiger partial charge < -0.3 is 14.2 Å². The second-order valence-corrected chi connectivity index (χ2v) is 5.69. The third-order valence-corrected chi connectivity index (χ3v) is 3.98. The fourth-order valence-electron chi connectivity index (χ4n) is 2.25. The molecule has 0 aliphatic rings. The summed E-state index contributed by atoms with van der Waals surface area (Å²) in [5, 5.41) is 4.00. The van der Waals surface area contributed by atoms with Crippen molar-refractivity contribution in [1.29, 1.82) is 0 Å². The van der Waals surface area contributed by atoms with Gasteiger partial charge in [0.05, 0.1) is 23.2 Å². The molecule has 1 heterocycles. The maximum atomic E-state index is 14.2. The number of benzene rings is 1. The van der Waals surface area contributed by atoms with Gasteiger partial charge in [0, 0.05) is 14.2 Å². The number of aryl methyl sites for hydroxylation is 1. The lowest BCUT2D eigenvalue weighted by atomic mass is 10.0. The fourth-order valence-corrected chi connectivity index (χ4v) is 2.50. The Labute approximate surface area is 139 Å². The van der Waals surface area contributed by atoms with E-state index in [2.05, 4.69) is 5.16 Å². The Morgan fingerprint density at radius 1 is 1.52 bits per heavy atom. The Balaban J connectivity index is 2.49. The first-order valence-electron chi connectivity index (χ1n) is 7.05. The van der Waals surface area contributed by atoms with Crippen LogP contribution in [0, 0.1) is 12.7 Å². The zero-order chi connectivity index (χ0) is 17.1. The van der Waals surface area contributed by atoms with Gasteiger partial charge in [-0.3, -0.25) is 4.79 Å². The molecule has 2 rings (SSSR count). The summed E-state index contributed by atoms with van der Waals surface area (Å²) in [7, 11) is 3.20. The Bertz CT molecular complexity index is 697. The van der Waals surface area contributed by atoms with Crippen molar-refractivity contribution >= 4 is 17.5 Å². The minimum atomic E-state index is -0.563. The van der Waals surface area contributed by atoms with Crippen molar-refractivity contribution in [3.8, 4) is 11.3 Å². The molecule has 1 amide bonds. The minimum Gasteiger partial charge on any atom is -0.383 e. The molecule has 0 fully saturated rings. The van der Waals surface area contributed by atoms with E-state index in [1.54, 1.807) is 21.1 Å². The predicted octanol–water partition coefficient (Wildman–Crippen LogP) is 3.55. The summed E-state index contributed by atoms with van der Waals surface area (Å²) in [6.45, 7) is 3.83. The van der Waals surface area contributed by atoms with Crippen molar-refractivity contribution in [2.24, 2.45) is 0 Å². The maximum absolute atomic E-state index is 14.2. The van der Waals surface area contributed by atoms with Gasteiger partial charge >= 0.3 is 0 Å². The average molecular weight is 341 g/mol. The van der Waals surface area contributed by atoms with Crippen molar-refractivity contribution in [3.63, 3.8) is 0 Å². The number of halogens is 2. The van der Waals surface area contributed by atoms with E-state index in [9.17, 15) is 9.18 Å². The molecule has 1 aromatic carbocycles. The second kappa shape index (κ2) is 7.10. The Morgan fingerprint density at radius 3 is 2.83 bits per heavy atom. The van der Waals surface area contributed by atoms with Crippen LogP contribution >= 0.6 is 11.6 Å². The van der Waals surface area contributed by atoms with Crippen LogP contribution in [0.1, 0.15) is 23.0 Å². The first-order valence-corrected chi connectivity index (χ1v) is 7.43. The minimum absolute atomic E-state index is 0.0576. The summed E-state index contributed by atoms with van der Waals surface area (Å²) in [5.74, 6) is -0.587. The lowest BCUT2D eigenvalue weighted by Gasteiger charge is -2.24. The third kappa shape index (κ3) is 3.38. The smallest absolute Gasteiger partial charge is 0.259 e. The van der Waals surface area contributed by atoms with Crippen LogP contribution in [0.4, 0.5) is 4.39 Å². The molecule has 0 unspecified atom stereocenters. The molecule has 23 heavy (non-hydrogen) atoms. The van der Waals surface area contributed by atoms with E-state index >= 15 is 0 Å². The summed E-state index contributed by atoms with van der Waals surface area (Å²) < 4.78 is 24.3. The molecular formula is C16H18ClFN2O3. The van der Waals surface area contributed by atoms with Crippen LogP contribution in [0.25, 0.3) is 11.3 Å². The monoisotopic (exact) mass is 340 g/mol. The topological polar surface area (TPSA) is 55.6 Å². The molecule has 7 heteroatoms. The molecule has 0 saturated carbocycles. The molecule has 5 nitrogen and oxygen atoms in total. The van der Waals surface area contributed by atoms with E-state index in [-0.39, 0.29) is 33.8 Å². The number of hydrogen-bond donors (Lipinski definition) is 0. The number of ether oxygens (including phenoxy) is 1. The van der Waals surface area contributed by atoms with Crippen molar-refractivity contribution in [2.75, 3.05) is 20.8 Å². The lowest BCUT2D eigenvalue weighted by Crippen LogP contribution is -2.38. The van der Waals surface area contributed by atoms with Gasteiger partial charge in [-0.05, 0) is 26.0 Å². The number of carbonyl (C=O) groups excluding carboxylic acids is 1. The van der Waals surface area contributed by atoms with Gasteiger partial charge in [0.25, 0.3) is 5.91 Å². The molecule has 0 radical (unpaired) electrons. The van der Waals surface area contributed by atoms with Gasteiger partial charge in [0.15, 0.2) is 0 Å². The van der Waals surface area contributed by atoms with Gasteiger partial charge in [0.1, 0.15) is 22.8 Å². The molecule has 124 valence electrons. The van der Waals surface area contributed by atoms with Crippen LogP contribution in [0.3, 0.4) is 0 Å². The maximum Gasteiger partial charge on any atom is 0.259 e. The zero-order valence-electron chi connectivity index (χ0n) is 13.4. The number of amides is 1. The number of methoxy groups -OCH3 is 1. The summed E-state index contributed by atoms with van der Waals surface area (Å²) in [4.78, 5) is 14.3. The molecule has 0 spiro atoms.